The normalized spacial score (nSPS) is 11.1. The summed E-state index contributed by atoms with van der Waals surface area (Å²) in [4.78, 5) is 41.4. The molecule has 55 heavy (non-hydrogen) atoms. The number of aromatic amines is 2. The minimum absolute atomic E-state index is 0.199. The number of carbonyl (C=O) groups excluding carboxylic acids is 2. The van der Waals surface area contributed by atoms with Crippen molar-refractivity contribution in [2.24, 2.45) is 11.5 Å². The van der Waals surface area contributed by atoms with Crippen molar-refractivity contribution in [1.29, 1.82) is 0 Å². The zero-order valence-corrected chi connectivity index (χ0v) is 30.6. The highest BCUT2D eigenvalue weighted by atomic mass is 16.5. The standard InChI is InChI=1S/C22H22N4O2.C21H20N4O2/c1-28-15-9-7-14(8-10-15)20-21-17(16-5-2-3-6-18(16)25-21)13-19(26-20)22(27)24-12-4-11-23;1-27-14-8-6-13(7-9-14)19-20-16(15-4-2-3-5-17(15)24-20)12-18(25-19)21(26)23-11-10-22/h2-3,5-10,13,25H,4,11-12,23H2,1H3,(H,24,27);2-9,12,24H,10-11,22H2,1H3,(H,23,26). The van der Waals surface area contributed by atoms with Crippen LogP contribution in [0.1, 0.15) is 27.4 Å². The Balaban J connectivity index is 0.000000169. The Morgan fingerprint density at radius 1 is 0.582 bits per heavy atom. The maximum atomic E-state index is 12.7. The predicted molar refractivity (Wildman–Crippen MR) is 219 cm³/mol. The van der Waals surface area contributed by atoms with Crippen LogP contribution in [0.25, 0.3) is 66.1 Å². The van der Waals surface area contributed by atoms with Crippen molar-refractivity contribution in [3.8, 4) is 34.0 Å². The molecule has 12 nitrogen and oxygen atoms in total. The van der Waals surface area contributed by atoms with Crippen LogP contribution in [0.4, 0.5) is 0 Å². The molecule has 2 amide bonds. The number of ether oxygens (including phenoxy) is 2. The van der Waals surface area contributed by atoms with Gasteiger partial charge in [-0.2, -0.15) is 0 Å². The molecular formula is C43H42N8O4. The minimum Gasteiger partial charge on any atom is -0.497 e. The Labute approximate surface area is 317 Å². The van der Waals surface area contributed by atoms with Crippen LogP contribution in [-0.4, -0.2) is 72.1 Å². The highest BCUT2D eigenvalue weighted by Gasteiger charge is 2.18. The van der Waals surface area contributed by atoms with E-state index in [2.05, 4.69) is 30.6 Å². The summed E-state index contributed by atoms with van der Waals surface area (Å²) in [5.41, 5.74) is 18.9. The second-order valence-electron chi connectivity index (χ2n) is 12.8. The van der Waals surface area contributed by atoms with Gasteiger partial charge in [0.1, 0.15) is 22.9 Å². The fourth-order valence-electron chi connectivity index (χ4n) is 6.51. The van der Waals surface area contributed by atoms with E-state index in [1.807, 2.05) is 109 Å². The van der Waals surface area contributed by atoms with E-state index in [0.717, 1.165) is 84.0 Å². The number of fused-ring (bicyclic) bond motifs is 6. The molecule has 4 heterocycles. The van der Waals surface area contributed by atoms with Crippen LogP contribution >= 0.6 is 0 Å². The zero-order valence-electron chi connectivity index (χ0n) is 30.6. The van der Waals surface area contributed by atoms with Gasteiger partial charge in [-0.05, 0) is 85.8 Å². The van der Waals surface area contributed by atoms with Crippen LogP contribution in [0.3, 0.4) is 0 Å². The fourth-order valence-corrected chi connectivity index (χ4v) is 6.51. The molecule has 0 fully saturated rings. The summed E-state index contributed by atoms with van der Waals surface area (Å²) in [5, 5.41) is 9.73. The molecule has 8 N–H and O–H groups in total. The van der Waals surface area contributed by atoms with Crippen molar-refractivity contribution in [1.82, 2.24) is 30.6 Å². The topological polar surface area (TPSA) is 186 Å². The molecule has 0 aliphatic heterocycles. The summed E-state index contributed by atoms with van der Waals surface area (Å²) in [5.74, 6) is 1.11. The SMILES string of the molecule is COc1ccc(-c2nc(C(=O)NCCCN)cc3c2[nH]c2ccccc23)cc1.COc1ccc(-c2nc(C(=O)NCCN)cc3c2[nH]c2ccccc23)cc1. The number of nitrogens with zero attached hydrogens (tertiary/aromatic N) is 2. The molecule has 12 heteroatoms. The lowest BCUT2D eigenvalue weighted by Crippen LogP contribution is -2.29. The largest absolute Gasteiger partial charge is 0.497 e. The molecule has 4 aromatic heterocycles. The first-order valence-corrected chi connectivity index (χ1v) is 18.0. The monoisotopic (exact) mass is 734 g/mol. The Morgan fingerprint density at radius 3 is 1.44 bits per heavy atom. The molecule has 0 saturated heterocycles. The number of methoxy groups -OCH3 is 2. The number of nitrogens with two attached hydrogens (primary N) is 2. The number of amides is 2. The summed E-state index contributed by atoms with van der Waals surface area (Å²) < 4.78 is 10.5. The van der Waals surface area contributed by atoms with Gasteiger partial charge in [0.15, 0.2) is 0 Å². The van der Waals surface area contributed by atoms with Crippen LogP contribution in [0.5, 0.6) is 11.5 Å². The fraction of sp³-hybridized carbons (Fsp3) is 0.163. The molecule has 0 atom stereocenters. The first-order chi connectivity index (χ1) is 26.9. The molecule has 0 aliphatic carbocycles. The van der Waals surface area contributed by atoms with Gasteiger partial charge in [0, 0.05) is 63.3 Å². The van der Waals surface area contributed by atoms with Crippen LogP contribution in [0.15, 0.2) is 109 Å². The molecule has 0 aliphatic rings. The Kier molecular flexibility index (Phi) is 11.0. The lowest BCUT2D eigenvalue weighted by Gasteiger charge is -2.09. The average Bonchev–Trinajstić information content (AvgIpc) is 3.81. The third-order valence-electron chi connectivity index (χ3n) is 9.28. The predicted octanol–water partition coefficient (Wildman–Crippen LogP) is 6.55. The van der Waals surface area contributed by atoms with Crippen LogP contribution in [-0.2, 0) is 0 Å². The molecule has 278 valence electrons. The van der Waals surface area contributed by atoms with Gasteiger partial charge in [0.25, 0.3) is 11.8 Å². The van der Waals surface area contributed by atoms with E-state index in [9.17, 15) is 9.59 Å². The van der Waals surface area contributed by atoms with Crippen molar-refractivity contribution in [3.63, 3.8) is 0 Å². The summed E-state index contributed by atoms with van der Waals surface area (Å²) >= 11 is 0. The van der Waals surface area contributed by atoms with Crippen molar-refractivity contribution < 1.29 is 19.1 Å². The van der Waals surface area contributed by atoms with Crippen molar-refractivity contribution in [2.75, 3.05) is 40.4 Å². The maximum absolute atomic E-state index is 12.7. The van der Waals surface area contributed by atoms with E-state index in [4.69, 9.17) is 20.9 Å². The highest BCUT2D eigenvalue weighted by Crippen LogP contribution is 2.35. The number of pyridine rings is 2. The van der Waals surface area contributed by atoms with E-state index in [1.54, 1.807) is 14.2 Å². The molecule has 0 bridgehead atoms. The third-order valence-corrected chi connectivity index (χ3v) is 9.28. The second-order valence-corrected chi connectivity index (χ2v) is 12.8. The summed E-state index contributed by atoms with van der Waals surface area (Å²) in [6.07, 6.45) is 0.729. The summed E-state index contributed by atoms with van der Waals surface area (Å²) in [6.45, 7) is 1.85. The molecule has 8 rings (SSSR count). The van der Waals surface area contributed by atoms with Gasteiger partial charge in [-0.15, -0.1) is 0 Å². The molecule has 0 saturated carbocycles. The lowest BCUT2D eigenvalue weighted by molar-refractivity contribution is 0.0941. The second kappa shape index (κ2) is 16.5. The molecule has 8 aromatic rings. The number of hydrogen-bond acceptors (Lipinski definition) is 8. The van der Waals surface area contributed by atoms with Crippen molar-refractivity contribution in [3.05, 3.63) is 121 Å². The molecule has 0 radical (unpaired) electrons. The number of para-hydroxylation sites is 2. The van der Waals surface area contributed by atoms with Crippen LogP contribution < -0.4 is 31.6 Å². The number of rotatable bonds is 11. The first kappa shape index (κ1) is 36.6. The minimum atomic E-state index is -0.234. The Hall–Kier alpha value is -6.76. The van der Waals surface area contributed by atoms with Gasteiger partial charge < -0.3 is 41.5 Å². The van der Waals surface area contributed by atoms with Crippen LogP contribution in [0.2, 0.25) is 0 Å². The van der Waals surface area contributed by atoms with Gasteiger partial charge >= 0.3 is 0 Å². The van der Waals surface area contributed by atoms with E-state index < -0.39 is 0 Å². The van der Waals surface area contributed by atoms with E-state index in [0.29, 0.717) is 37.6 Å². The van der Waals surface area contributed by atoms with Gasteiger partial charge in [-0.25, -0.2) is 9.97 Å². The molecular weight excluding hydrogens is 693 g/mol. The van der Waals surface area contributed by atoms with Crippen molar-refractivity contribution in [2.45, 2.75) is 6.42 Å². The lowest BCUT2D eigenvalue weighted by atomic mass is 10.1. The number of hydrogen-bond donors (Lipinski definition) is 6. The van der Waals surface area contributed by atoms with E-state index >= 15 is 0 Å². The number of benzene rings is 4. The van der Waals surface area contributed by atoms with Gasteiger partial charge in [-0.1, -0.05) is 36.4 Å². The van der Waals surface area contributed by atoms with Gasteiger partial charge in [-0.3, -0.25) is 9.59 Å². The quantitative estimate of drug-likeness (QED) is 0.0808. The first-order valence-electron chi connectivity index (χ1n) is 18.0. The molecule has 4 aromatic carbocycles. The smallest absolute Gasteiger partial charge is 0.269 e. The number of nitrogens with one attached hydrogen (secondary N) is 4. The van der Waals surface area contributed by atoms with Gasteiger partial charge in [0.2, 0.25) is 0 Å². The van der Waals surface area contributed by atoms with E-state index in [-0.39, 0.29) is 11.8 Å². The van der Waals surface area contributed by atoms with Gasteiger partial charge in [0.05, 0.1) is 36.6 Å². The zero-order chi connectivity index (χ0) is 38.3. The number of H-pyrrole nitrogens is 2. The Morgan fingerprint density at radius 2 is 1.02 bits per heavy atom. The van der Waals surface area contributed by atoms with E-state index in [1.165, 1.54) is 0 Å². The van der Waals surface area contributed by atoms with Crippen LogP contribution in [0, 0.1) is 0 Å². The third kappa shape index (κ3) is 7.67. The summed E-state index contributed by atoms with van der Waals surface area (Å²) in [7, 11) is 3.26. The van der Waals surface area contributed by atoms with Crippen molar-refractivity contribution >= 4 is 55.4 Å². The summed E-state index contributed by atoms with van der Waals surface area (Å²) in [6, 6.07) is 35.0. The maximum Gasteiger partial charge on any atom is 0.269 e. The molecule has 0 unspecified atom stereocenters. The Bertz CT molecular complexity index is 2610. The number of carbonyl (C=O) groups is 2. The number of aromatic nitrogens is 4. The average molecular weight is 735 g/mol. The highest BCUT2D eigenvalue weighted by molar-refractivity contribution is 6.14. The molecule has 0 spiro atoms.